The summed E-state index contributed by atoms with van der Waals surface area (Å²) in [6.07, 6.45) is 0. The molecule has 1 amide bonds. The zero-order valence-electron chi connectivity index (χ0n) is 13.0. The fraction of sp³-hybridized carbons (Fsp3) is 0.353. The molecular weight excluding hydrogens is 296 g/mol. The maximum absolute atomic E-state index is 11.9. The molecule has 0 bridgehead atoms. The topological polar surface area (TPSA) is 41.6 Å². The van der Waals surface area contributed by atoms with Crippen LogP contribution in [-0.2, 0) is 11.3 Å². The summed E-state index contributed by atoms with van der Waals surface area (Å²) in [5, 5.41) is 5.00. The third-order valence-electron chi connectivity index (χ3n) is 3.31. The smallest absolute Gasteiger partial charge is 0.234 e. The number of carbonyl (C=O) groups excluding carboxylic acids is 1. The van der Waals surface area contributed by atoms with Crippen molar-refractivity contribution in [3.63, 3.8) is 0 Å². The van der Waals surface area contributed by atoms with Gasteiger partial charge in [-0.05, 0) is 43.1 Å². The quantitative estimate of drug-likeness (QED) is 0.813. The first-order chi connectivity index (χ1) is 10.6. The molecule has 118 valence electrons. The summed E-state index contributed by atoms with van der Waals surface area (Å²) < 4.78 is 5.62. The maximum atomic E-state index is 11.9. The number of carbonyl (C=O) groups is 1. The molecule has 1 heterocycles. The van der Waals surface area contributed by atoms with E-state index in [4.69, 9.17) is 4.74 Å². The second kappa shape index (κ2) is 8.56. The fourth-order valence-corrected chi connectivity index (χ4v) is 2.83. The molecule has 0 saturated heterocycles. The molecule has 4 nitrogen and oxygen atoms in total. The molecule has 2 rings (SSSR count). The highest BCUT2D eigenvalue weighted by Gasteiger charge is 2.07. The van der Waals surface area contributed by atoms with Crippen molar-refractivity contribution in [2.24, 2.45) is 0 Å². The Morgan fingerprint density at radius 1 is 1.27 bits per heavy atom. The van der Waals surface area contributed by atoms with Crippen LogP contribution in [0.25, 0.3) is 0 Å². The monoisotopic (exact) mass is 318 g/mol. The number of likely N-dealkylation sites (N-methyl/N-ethyl adjacent to an activating group) is 1. The van der Waals surface area contributed by atoms with E-state index in [1.165, 1.54) is 10.4 Å². The summed E-state index contributed by atoms with van der Waals surface area (Å²) in [5.74, 6) is 0.892. The molecule has 2 aromatic rings. The number of para-hydroxylation sites is 1. The fourth-order valence-electron chi connectivity index (χ4n) is 1.98. The molecule has 1 N–H and O–H groups in total. The van der Waals surface area contributed by atoms with Crippen molar-refractivity contribution in [3.05, 3.63) is 52.2 Å². The molecule has 5 heteroatoms. The second-order valence-electron chi connectivity index (χ2n) is 5.20. The average Bonchev–Trinajstić information content (AvgIpc) is 2.91. The van der Waals surface area contributed by atoms with Crippen LogP contribution in [0.1, 0.15) is 10.4 Å². The highest BCUT2D eigenvalue weighted by molar-refractivity contribution is 7.10. The number of nitrogens with zero attached hydrogens (tertiary/aromatic N) is 1. The molecule has 1 aromatic heterocycles. The summed E-state index contributed by atoms with van der Waals surface area (Å²) in [6.45, 7) is 4.32. The normalized spacial score (nSPS) is 10.7. The summed E-state index contributed by atoms with van der Waals surface area (Å²) in [4.78, 5) is 15.1. The van der Waals surface area contributed by atoms with Crippen LogP contribution in [0.2, 0.25) is 0 Å². The zero-order valence-corrected chi connectivity index (χ0v) is 13.9. The molecule has 0 aliphatic carbocycles. The number of thiophene rings is 1. The molecule has 22 heavy (non-hydrogen) atoms. The number of benzene rings is 1. The summed E-state index contributed by atoms with van der Waals surface area (Å²) in [7, 11) is 1.92. The number of ether oxygens (including phenoxy) is 1. The van der Waals surface area contributed by atoms with Crippen molar-refractivity contribution < 1.29 is 9.53 Å². The third kappa shape index (κ3) is 5.50. The van der Waals surface area contributed by atoms with Crippen LogP contribution in [0.3, 0.4) is 0 Å². The Morgan fingerprint density at radius 3 is 2.73 bits per heavy atom. The Hall–Kier alpha value is -1.85. The first-order valence-corrected chi connectivity index (χ1v) is 8.19. The van der Waals surface area contributed by atoms with E-state index in [2.05, 4.69) is 18.3 Å². The Kier molecular flexibility index (Phi) is 6.43. The minimum Gasteiger partial charge on any atom is -0.492 e. The highest BCUT2D eigenvalue weighted by atomic mass is 32.1. The minimum absolute atomic E-state index is 0.0370. The van der Waals surface area contributed by atoms with E-state index in [0.717, 1.165) is 5.75 Å². The van der Waals surface area contributed by atoms with Gasteiger partial charge in [-0.15, -0.1) is 11.3 Å². The molecule has 0 atom stereocenters. The number of nitrogens with one attached hydrogen (secondary N) is 1. The van der Waals surface area contributed by atoms with E-state index >= 15 is 0 Å². The summed E-state index contributed by atoms with van der Waals surface area (Å²) >= 11 is 1.67. The molecule has 0 aliphatic heterocycles. The van der Waals surface area contributed by atoms with Gasteiger partial charge in [0.05, 0.1) is 13.1 Å². The molecule has 0 saturated carbocycles. The highest BCUT2D eigenvalue weighted by Crippen LogP contribution is 2.14. The van der Waals surface area contributed by atoms with Crippen molar-refractivity contribution in [2.45, 2.75) is 13.5 Å². The Morgan fingerprint density at radius 2 is 2.05 bits per heavy atom. The van der Waals surface area contributed by atoms with Gasteiger partial charge in [-0.3, -0.25) is 9.69 Å². The lowest BCUT2D eigenvalue weighted by molar-refractivity contribution is -0.122. The predicted octanol–water partition coefficient (Wildman–Crippen LogP) is 2.68. The van der Waals surface area contributed by atoms with Gasteiger partial charge in [-0.1, -0.05) is 18.2 Å². The van der Waals surface area contributed by atoms with Gasteiger partial charge in [0.15, 0.2) is 0 Å². The lowest BCUT2D eigenvalue weighted by Crippen LogP contribution is -2.36. The van der Waals surface area contributed by atoms with Crippen LogP contribution in [0, 0.1) is 6.92 Å². The van der Waals surface area contributed by atoms with Gasteiger partial charge in [0, 0.05) is 11.4 Å². The van der Waals surface area contributed by atoms with Crippen molar-refractivity contribution in [2.75, 3.05) is 26.7 Å². The van der Waals surface area contributed by atoms with Gasteiger partial charge in [0.25, 0.3) is 0 Å². The number of hydrogen-bond acceptors (Lipinski definition) is 4. The van der Waals surface area contributed by atoms with E-state index in [-0.39, 0.29) is 5.91 Å². The van der Waals surface area contributed by atoms with Crippen molar-refractivity contribution in [3.8, 4) is 5.75 Å². The molecule has 0 unspecified atom stereocenters. The maximum Gasteiger partial charge on any atom is 0.234 e. The standard InChI is InChI=1S/C17H22N2O2S/c1-14-8-11-22-16(14)12-18-17(20)13-19(2)9-10-21-15-6-4-3-5-7-15/h3-8,11H,9-10,12-13H2,1-2H3,(H,18,20). The van der Waals surface area contributed by atoms with Crippen molar-refractivity contribution in [1.82, 2.24) is 10.2 Å². The van der Waals surface area contributed by atoms with E-state index in [0.29, 0.717) is 26.2 Å². The molecule has 0 aliphatic rings. The third-order valence-corrected chi connectivity index (χ3v) is 4.34. The van der Waals surface area contributed by atoms with Crippen molar-refractivity contribution in [1.29, 1.82) is 0 Å². The van der Waals surface area contributed by atoms with Gasteiger partial charge in [0.1, 0.15) is 12.4 Å². The molecule has 1 aromatic carbocycles. The summed E-state index contributed by atoms with van der Waals surface area (Å²) in [5.41, 5.74) is 1.23. The Labute approximate surface area is 135 Å². The van der Waals surface area contributed by atoms with Crippen LogP contribution < -0.4 is 10.1 Å². The Balaban J connectivity index is 1.63. The zero-order chi connectivity index (χ0) is 15.8. The Bertz CT molecular complexity index is 583. The van der Waals surface area contributed by atoms with E-state index in [1.54, 1.807) is 11.3 Å². The van der Waals surface area contributed by atoms with Gasteiger partial charge in [0.2, 0.25) is 5.91 Å². The molecule has 0 fully saturated rings. The van der Waals surface area contributed by atoms with Crippen LogP contribution >= 0.6 is 11.3 Å². The van der Waals surface area contributed by atoms with Gasteiger partial charge in [-0.2, -0.15) is 0 Å². The lowest BCUT2D eigenvalue weighted by Gasteiger charge is -2.16. The number of rotatable bonds is 8. The first kappa shape index (κ1) is 16.5. The van der Waals surface area contributed by atoms with Gasteiger partial charge < -0.3 is 10.1 Å². The number of amides is 1. The van der Waals surface area contributed by atoms with E-state index in [9.17, 15) is 4.79 Å². The number of hydrogen-bond donors (Lipinski definition) is 1. The van der Waals surface area contributed by atoms with E-state index < -0.39 is 0 Å². The van der Waals surface area contributed by atoms with E-state index in [1.807, 2.05) is 47.7 Å². The van der Waals surface area contributed by atoms with Crippen LogP contribution in [0.5, 0.6) is 5.75 Å². The summed E-state index contributed by atoms with van der Waals surface area (Å²) in [6, 6.07) is 11.8. The minimum atomic E-state index is 0.0370. The van der Waals surface area contributed by atoms with Crippen molar-refractivity contribution >= 4 is 17.2 Å². The predicted molar refractivity (Wildman–Crippen MR) is 90.3 cm³/mol. The first-order valence-electron chi connectivity index (χ1n) is 7.31. The van der Waals surface area contributed by atoms with Crippen LogP contribution in [0.4, 0.5) is 0 Å². The van der Waals surface area contributed by atoms with Crippen LogP contribution in [0.15, 0.2) is 41.8 Å². The largest absolute Gasteiger partial charge is 0.492 e. The van der Waals surface area contributed by atoms with Gasteiger partial charge in [-0.25, -0.2) is 0 Å². The molecule has 0 spiro atoms. The molecule has 0 radical (unpaired) electrons. The SMILES string of the molecule is Cc1ccsc1CNC(=O)CN(C)CCOc1ccccc1. The van der Waals surface area contributed by atoms with Crippen LogP contribution in [-0.4, -0.2) is 37.6 Å². The molecular formula is C17H22N2O2S. The van der Waals surface area contributed by atoms with Gasteiger partial charge >= 0.3 is 0 Å². The average molecular weight is 318 g/mol. The lowest BCUT2D eigenvalue weighted by atomic mass is 10.3. The second-order valence-corrected chi connectivity index (χ2v) is 6.20. The number of aryl methyl sites for hydroxylation is 1.